The second-order valence-corrected chi connectivity index (χ2v) is 6.33. The van der Waals surface area contributed by atoms with E-state index in [0.717, 1.165) is 24.3 Å². The predicted octanol–water partition coefficient (Wildman–Crippen LogP) is 2.43. The Morgan fingerprint density at radius 2 is 2.16 bits per heavy atom. The quantitative estimate of drug-likeness (QED) is 0.633. The first-order chi connectivity index (χ1) is 9.14. The summed E-state index contributed by atoms with van der Waals surface area (Å²) < 4.78 is 1.17. The van der Waals surface area contributed by atoms with E-state index in [1.165, 1.54) is 48.1 Å². The molecule has 0 aliphatic carbocycles. The van der Waals surface area contributed by atoms with Crippen molar-refractivity contribution in [3.8, 4) is 0 Å². The first kappa shape index (κ1) is 12.9. The normalized spacial score (nSPS) is 34.8. The number of benzene rings is 1. The van der Waals surface area contributed by atoms with Crippen molar-refractivity contribution in [2.24, 2.45) is 0 Å². The number of nitrogens with zero attached hydrogens (tertiary/aromatic N) is 1. The van der Waals surface area contributed by atoms with E-state index in [0.29, 0.717) is 0 Å². The first-order valence-corrected chi connectivity index (χ1v) is 7.59. The van der Waals surface area contributed by atoms with E-state index in [1.807, 2.05) is 0 Å². The van der Waals surface area contributed by atoms with Gasteiger partial charge in [-0.1, -0.05) is 0 Å². The van der Waals surface area contributed by atoms with Crippen LogP contribution in [-0.2, 0) is 0 Å². The van der Waals surface area contributed by atoms with Gasteiger partial charge in [-0.2, -0.15) is 0 Å². The Bertz CT molecular complexity index is 465. The molecule has 3 nitrogen and oxygen atoms in total. The zero-order valence-corrected chi connectivity index (χ0v) is 12.2. The Labute approximate surface area is 116 Å². The Morgan fingerprint density at radius 1 is 1.32 bits per heavy atom. The fourth-order valence-electron chi connectivity index (χ4n) is 4.19. The van der Waals surface area contributed by atoms with Gasteiger partial charge in [0, 0.05) is 50.2 Å². The molecule has 3 rings (SSSR count). The van der Waals surface area contributed by atoms with E-state index in [-0.39, 0.29) is 0 Å². The van der Waals surface area contributed by atoms with E-state index in [2.05, 4.69) is 37.4 Å². The van der Waals surface area contributed by atoms with Crippen molar-refractivity contribution >= 4 is 11.4 Å². The van der Waals surface area contributed by atoms with Gasteiger partial charge in [0.15, 0.2) is 0 Å². The molecule has 2 saturated heterocycles. The van der Waals surface area contributed by atoms with Crippen molar-refractivity contribution in [1.82, 2.24) is 9.80 Å². The molecule has 1 unspecified atom stereocenters. The molecule has 3 atom stereocenters. The van der Waals surface area contributed by atoms with E-state index in [4.69, 9.17) is 5.73 Å². The molecule has 0 spiro atoms. The molecule has 0 bridgehead atoms. The third-order valence-electron chi connectivity index (χ3n) is 5.36. The third-order valence-corrected chi connectivity index (χ3v) is 5.36. The molecule has 0 amide bonds. The lowest BCUT2D eigenvalue weighted by Crippen LogP contribution is -2.59. The minimum absolute atomic E-state index is 0.730. The van der Waals surface area contributed by atoms with Crippen molar-refractivity contribution in [3.63, 3.8) is 0 Å². The predicted molar refractivity (Wildman–Crippen MR) is 82.2 cm³/mol. The molecule has 2 fully saturated rings. The van der Waals surface area contributed by atoms with Crippen molar-refractivity contribution in [2.75, 3.05) is 25.4 Å². The Morgan fingerprint density at radius 3 is 2.74 bits per heavy atom. The number of quaternary nitrogens is 1. The Hall–Kier alpha value is -1.06. The molecule has 2 heterocycles. The van der Waals surface area contributed by atoms with Crippen molar-refractivity contribution in [2.45, 2.75) is 45.2 Å². The zero-order valence-electron chi connectivity index (χ0n) is 12.2. The summed E-state index contributed by atoms with van der Waals surface area (Å²) in [5.41, 5.74) is 9.61. The lowest BCUT2D eigenvalue weighted by Gasteiger charge is -2.43. The van der Waals surface area contributed by atoms with Crippen LogP contribution in [0.5, 0.6) is 0 Å². The smallest absolute Gasteiger partial charge is 0.133 e. The SMILES string of the molecule is Cc1cc([N+]2([C@@H]3CCNC3)CCC[C@@H]2C)ccc1N. The number of nitrogens with two attached hydrogens (primary N) is 1. The summed E-state index contributed by atoms with van der Waals surface area (Å²) in [6.07, 6.45) is 3.99. The van der Waals surface area contributed by atoms with Gasteiger partial charge >= 0.3 is 0 Å². The summed E-state index contributed by atoms with van der Waals surface area (Å²) >= 11 is 0. The van der Waals surface area contributed by atoms with Crippen molar-refractivity contribution < 1.29 is 0 Å². The monoisotopic (exact) mass is 260 g/mol. The zero-order chi connectivity index (χ0) is 13.5. The molecule has 0 aromatic heterocycles. The molecule has 1 aromatic carbocycles. The van der Waals surface area contributed by atoms with Crippen LogP contribution in [0, 0.1) is 6.92 Å². The maximum absolute atomic E-state index is 6.00. The average molecular weight is 260 g/mol. The molecule has 1 aromatic rings. The summed E-state index contributed by atoms with van der Waals surface area (Å²) in [6.45, 7) is 8.18. The van der Waals surface area contributed by atoms with Crippen LogP contribution in [0.1, 0.15) is 31.7 Å². The molecule has 104 valence electrons. The number of nitrogens with one attached hydrogen (secondary N) is 1. The fraction of sp³-hybridized carbons (Fsp3) is 0.625. The summed E-state index contributed by atoms with van der Waals surface area (Å²) in [6, 6.07) is 8.16. The highest BCUT2D eigenvalue weighted by Crippen LogP contribution is 2.39. The molecular weight excluding hydrogens is 234 g/mol. The number of nitrogen functional groups attached to an aromatic ring is 1. The molecule has 3 N–H and O–H groups in total. The third kappa shape index (κ3) is 1.96. The van der Waals surface area contributed by atoms with Crippen molar-refractivity contribution in [3.05, 3.63) is 23.8 Å². The minimum atomic E-state index is 0.730. The average Bonchev–Trinajstić information content (AvgIpc) is 3.02. The van der Waals surface area contributed by atoms with E-state index < -0.39 is 0 Å². The van der Waals surface area contributed by atoms with Gasteiger partial charge in [0.2, 0.25) is 0 Å². The maximum Gasteiger partial charge on any atom is 0.133 e. The maximum atomic E-state index is 6.00. The summed E-state index contributed by atoms with van der Waals surface area (Å²) in [5.74, 6) is 0. The van der Waals surface area contributed by atoms with Gasteiger partial charge in [-0.3, -0.25) is 4.48 Å². The van der Waals surface area contributed by atoms with Crippen LogP contribution < -0.4 is 15.5 Å². The molecule has 0 radical (unpaired) electrons. The second-order valence-electron chi connectivity index (χ2n) is 6.33. The highest BCUT2D eigenvalue weighted by atomic mass is 15.4. The number of likely N-dealkylation sites (tertiary alicyclic amines) is 1. The number of hydrogen-bond donors (Lipinski definition) is 2. The summed E-state index contributed by atoms with van der Waals surface area (Å²) in [4.78, 5) is 0. The standard InChI is InChI=1S/C16H26N3/c1-12-10-14(5-6-16(12)17)19(9-3-4-13(19)2)15-7-8-18-11-15/h5-6,10,13,15,18H,3-4,7-9,11,17H2,1-2H3/q+1/t13-,15+,19?/m0/s1. The van der Waals surface area contributed by atoms with E-state index in [1.54, 1.807) is 0 Å². The second kappa shape index (κ2) is 4.80. The molecule has 2 aliphatic rings. The molecule has 19 heavy (non-hydrogen) atoms. The van der Waals surface area contributed by atoms with Gasteiger partial charge in [-0.15, -0.1) is 0 Å². The molecule has 0 saturated carbocycles. The van der Waals surface area contributed by atoms with Crippen LogP contribution >= 0.6 is 0 Å². The number of anilines is 1. The first-order valence-electron chi connectivity index (χ1n) is 7.59. The Balaban J connectivity index is 2.05. The van der Waals surface area contributed by atoms with E-state index >= 15 is 0 Å². The van der Waals surface area contributed by atoms with Gasteiger partial charge < -0.3 is 11.1 Å². The van der Waals surface area contributed by atoms with Gasteiger partial charge in [0.05, 0.1) is 12.6 Å². The van der Waals surface area contributed by atoms with Crippen LogP contribution in [0.2, 0.25) is 0 Å². The van der Waals surface area contributed by atoms with Crippen LogP contribution in [0.3, 0.4) is 0 Å². The lowest BCUT2D eigenvalue weighted by molar-refractivity contribution is 0.203. The molecule has 2 aliphatic heterocycles. The Kier molecular flexibility index (Phi) is 3.27. The highest BCUT2D eigenvalue weighted by molar-refractivity contribution is 5.57. The van der Waals surface area contributed by atoms with Crippen LogP contribution in [0.15, 0.2) is 18.2 Å². The number of rotatable bonds is 2. The number of aryl methyl sites for hydroxylation is 1. The number of hydrogen-bond acceptors (Lipinski definition) is 2. The van der Waals surface area contributed by atoms with Crippen molar-refractivity contribution in [1.29, 1.82) is 0 Å². The lowest BCUT2D eigenvalue weighted by atomic mass is 10.0. The highest BCUT2D eigenvalue weighted by Gasteiger charge is 2.48. The largest absolute Gasteiger partial charge is 0.399 e. The van der Waals surface area contributed by atoms with Crippen LogP contribution in [0.25, 0.3) is 0 Å². The van der Waals surface area contributed by atoms with Gasteiger partial charge in [0.1, 0.15) is 11.7 Å². The molecule has 3 heteroatoms. The summed E-state index contributed by atoms with van der Waals surface area (Å²) in [5, 5.41) is 3.55. The fourth-order valence-corrected chi connectivity index (χ4v) is 4.19. The van der Waals surface area contributed by atoms with E-state index in [9.17, 15) is 0 Å². The minimum Gasteiger partial charge on any atom is -0.399 e. The molecular formula is C16H26N3+. The topological polar surface area (TPSA) is 38.0 Å². The van der Waals surface area contributed by atoms with Gasteiger partial charge in [-0.25, -0.2) is 0 Å². The van der Waals surface area contributed by atoms with Gasteiger partial charge in [-0.05, 0) is 25.5 Å². The van der Waals surface area contributed by atoms with Crippen LogP contribution in [-0.4, -0.2) is 31.7 Å². The van der Waals surface area contributed by atoms with Crippen LogP contribution in [0.4, 0.5) is 11.4 Å². The van der Waals surface area contributed by atoms with Gasteiger partial charge in [0.25, 0.3) is 0 Å². The summed E-state index contributed by atoms with van der Waals surface area (Å²) in [7, 11) is 0.